The summed E-state index contributed by atoms with van der Waals surface area (Å²) in [5.74, 6) is 2.51. The van der Waals surface area contributed by atoms with Gasteiger partial charge < -0.3 is 15.5 Å². The highest BCUT2D eigenvalue weighted by molar-refractivity contribution is 5.93. The van der Waals surface area contributed by atoms with Crippen molar-refractivity contribution < 1.29 is 0 Å². The molecule has 1 aliphatic heterocycles. The van der Waals surface area contributed by atoms with E-state index >= 15 is 0 Å². The average Bonchev–Trinajstić information content (AvgIpc) is 2.79. The summed E-state index contributed by atoms with van der Waals surface area (Å²) in [7, 11) is 0. The van der Waals surface area contributed by atoms with Crippen LogP contribution >= 0.6 is 0 Å². The molecule has 1 aliphatic rings. The highest BCUT2D eigenvalue weighted by atomic mass is 15.3. The number of anilines is 3. The maximum absolute atomic E-state index is 5.86. The zero-order chi connectivity index (χ0) is 19.6. The lowest BCUT2D eigenvalue weighted by Gasteiger charge is -2.36. The molecule has 1 fully saturated rings. The molecule has 0 atom stereocenters. The topological polar surface area (TPSA) is 84.1 Å². The molecule has 1 saturated heterocycles. The van der Waals surface area contributed by atoms with Crippen LogP contribution < -0.4 is 15.5 Å². The van der Waals surface area contributed by atoms with Crippen LogP contribution in [0.2, 0.25) is 0 Å². The molecule has 7 nitrogen and oxygen atoms in total. The lowest BCUT2D eigenvalue weighted by Crippen LogP contribution is -2.47. The minimum Gasteiger partial charge on any atom is -0.384 e. The van der Waals surface area contributed by atoms with Gasteiger partial charge in [0.25, 0.3) is 0 Å². The monoisotopic (exact) mass is 383 g/mol. The van der Waals surface area contributed by atoms with Crippen LogP contribution in [0.5, 0.6) is 0 Å². The van der Waals surface area contributed by atoms with E-state index in [-0.39, 0.29) is 0 Å². The number of rotatable bonds is 3. The number of nitrogens with zero attached hydrogens (tertiary/aromatic N) is 6. The predicted octanol–water partition coefficient (Wildman–Crippen LogP) is 3.00. The van der Waals surface area contributed by atoms with Crippen molar-refractivity contribution in [3.05, 3.63) is 67.3 Å². The van der Waals surface area contributed by atoms with Crippen molar-refractivity contribution in [2.24, 2.45) is 0 Å². The van der Waals surface area contributed by atoms with Gasteiger partial charge in [0.15, 0.2) is 0 Å². The fourth-order valence-corrected chi connectivity index (χ4v) is 3.79. The van der Waals surface area contributed by atoms with Gasteiger partial charge in [-0.05, 0) is 47.5 Å². The molecule has 29 heavy (non-hydrogen) atoms. The molecule has 0 radical (unpaired) electrons. The molecule has 0 unspecified atom stereocenters. The second-order valence-electron chi connectivity index (χ2n) is 7.06. The minimum atomic E-state index is 0.512. The Morgan fingerprint density at radius 2 is 1.55 bits per heavy atom. The smallest absolute Gasteiger partial charge is 0.140 e. The number of pyridine rings is 2. The second kappa shape index (κ2) is 7.35. The molecule has 5 rings (SSSR count). The van der Waals surface area contributed by atoms with Gasteiger partial charge in [0, 0.05) is 44.0 Å². The summed E-state index contributed by atoms with van der Waals surface area (Å²) in [5, 5.41) is 1.05. The fourth-order valence-electron chi connectivity index (χ4n) is 3.79. The minimum absolute atomic E-state index is 0.512. The third-order valence-electron chi connectivity index (χ3n) is 5.28. The van der Waals surface area contributed by atoms with Gasteiger partial charge in [-0.15, -0.1) is 0 Å². The summed E-state index contributed by atoms with van der Waals surface area (Å²) in [4.78, 5) is 22.3. The number of benzene rings is 1. The molecule has 144 valence electrons. The van der Waals surface area contributed by atoms with Gasteiger partial charge in [-0.3, -0.25) is 0 Å². The molecule has 7 heteroatoms. The molecular formula is C22H21N7. The summed E-state index contributed by atoms with van der Waals surface area (Å²) in [5.41, 5.74) is 8.92. The first-order chi connectivity index (χ1) is 14.3. The predicted molar refractivity (Wildman–Crippen MR) is 116 cm³/mol. The Morgan fingerprint density at radius 1 is 0.724 bits per heavy atom. The molecule has 4 aromatic rings. The van der Waals surface area contributed by atoms with E-state index in [0.29, 0.717) is 5.82 Å². The standard InChI is InChI=1S/C22H21N7/c23-20-14-17(6-8-24-20)16-4-5-19-18(13-16)22(27-15-26-19)29-11-9-28(10-12-29)21-3-1-2-7-25-21/h1-8,13-15H,9-12H2,(H2,23,24). The van der Waals surface area contributed by atoms with Crippen molar-refractivity contribution >= 4 is 28.4 Å². The largest absolute Gasteiger partial charge is 0.384 e. The van der Waals surface area contributed by atoms with Crippen LogP contribution in [0.3, 0.4) is 0 Å². The van der Waals surface area contributed by atoms with Crippen LogP contribution in [-0.2, 0) is 0 Å². The van der Waals surface area contributed by atoms with Crippen LogP contribution in [0.4, 0.5) is 17.5 Å². The third kappa shape index (κ3) is 3.42. The molecule has 2 N–H and O–H groups in total. The van der Waals surface area contributed by atoms with Crippen LogP contribution in [0.15, 0.2) is 67.3 Å². The van der Waals surface area contributed by atoms with Crippen molar-refractivity contribution in [3.8, 4) is 11.1 Å². The van der Waals surface area contributed by atoms with E-state index in [0.717, 1.165) is 59.8 Å². The molecule has 0 spiro atoms. The maximum Gasteiger partial charge on any atom is 0.140 e. The number of fused-ring (bicyclic) bond motifs is 1. The SMILES string of the molecule is Nc1cc(-c2ccc3ncnc(N4CCN(c5ccccn5)CC4)c3c2)ccn1. The number of piperazine rings is 1. The average molecular weight is 383 g/mol. The van der Waals surface area contributed by atoms with Gasteiger partial charge in [0.1, 0.15) is 23.8 Å². The van der Waals surface area contributed by atoms with Crippen molar-refractivity contribution in [1.82, 2.24) is 19.9 Å². The van der Waals surface area contributed by atoms with E-state index in [9.17, 15) is 0 Å². The molecular weight excluding hydrogens is 362 g/mol. The first kappa shape index (κ1) is 17.4. The molecule has 0 saturated carbocycles. The van der Waals surface area contributed by atoms with Gasteiger partial charge >= 0.3 is 0 Å². The van der Waals surface area contributed by atoms with Gasteiger partial charge in [-0.25, -0.2) is 19.9 Å². The van der Waals surface area contributed by atoms with Crippen molar-refractivity contribution in [3.63, 3.8) is 0 Å². The van der Waals surface area contributed by atoms with Crippen LogP contribution in [0, 0.1) is 0 Å². The summed E-state index contributed by atoms with van der Waals surface area (Å²) >= 11 is 0. The lowest BCUT2D eigenvalue weighted by molar-refractivity contribution is 0.643. The van der Waals surface area contributed by atoms with Crippen LogP contribution in [-0.4, -0.2) is 46.1 Å². The molecule has 3 aromatic heterocycles. The van der Waals surface area contributed by atoms with Crippen molar-refractivity contribution in [2.45, 2.75) is 0 Å². The van der Waals surface area contributed by atoms with Crippen molar-refractivity contribution in [1.29, 1.82) is 0 Å². The summed E-state index contributed by atoms with van der Waals surface area (Å²) in [6.45, 7) is 3.58. The number of nitrogen functional groups attached to an aromatic ring is 1. The highest BCUT2D eigenvalue weighted by Gasteiger charge is 2.21. The van der Waals surface area contributed by atoms with E-state index in [2.05, 4.69) is 47.9 Å². The molecule has 0 aliphatic carbocycles. The van der Waals surface area contributed by atoms with E-state index in [1.165, 1.54) is 0 Å². The Labute approximate surface area is 168 Å². The van der Waals surface area contributed by atoms with Crippen molar-refractivity contribution in [2.75, 3.05) is 41.7 Å². The summed E-state index contributed by atoms with van der Waals surface area (Å²) < 4.78 is 0. The molecule has 1 aromatic carbocycles. The van der Waals surface area contributed by atoms with E-state index in [1.807, 2.05) is 36.5 Å². The number of nitrogens with two attached hydrogens (primary N) is 1. The highest BCUT2D eigenvalue weighted by Crippen LogP contribution is 2.30. The number of aromatic nitrogens is 4. The number of hydrogen-bond acceptors (Lipinski definition) is 7. The maximum atomic E-state index is 5.86. The lowest BCUT2D eigenvalue weighted by atomic mass is 10.0. The van der Waals surface area contributed by atoms with E-state index < -0.39 is 0 Å². The summed E-state index contributed by atoms with van der Waals surface area (Å²) in [6.07, 6.45) is 5.22. The van der Waals surface area contributed by atoms with Gasteiger partial charge in [0.05, 0.1) is 5.52 Å². The quantitative estimate of drug-likeness (QED) is 0.582. The molecule has 0 amide bonds. The van der Waals surface area contributed by atoms with Gasteiger partial charge in [-0.2, -0.15) is 0 Å². The van der Waals surface area contributed by atoms with Gasteiger partial charge in [-0.1, -0.05) is 12.1 Å². The van der Waals surface area contributed by atoms with Crippen LogP contribution in [0.25, 0.3) is 22.0 Å². The van der Waals surface area contributed by atoms with Gasteiger partial charge in [0.2, 0.25) is 0 Å². The Morgan fingerprint density at radius 3 is 2.34 bits per heavy atom. The van der Waals surface area contributed by atoms with E-state index in [4.69, 9.17) is 5.73 Å². The fraction of sp³-hybridized carbons (Fsp3) is 0.182. The summed E-state index contributed by atoms with van der Waals surface area (Å²) in [6, 6.07) is 16.1. The Bertz CT molecular complexity index is 1140. The zero-order valence-corrected chi connectivity index (χ0v) is 15.9. The van der Waals surface area contributed by atoms with E-state index in [1.54, 1.807) is 12.5 Å². The zero-order valence-electron chi connectivity index (χ0n) is 15.9. The normalized spacial score (nSPS) is 14.3. The number of hydrogen-bond donors (Lipinski definition) is 1. The Balaban J connectivity index is 1.45. The molecule has 0 bridgehead atoms. The second-order valence-corrected chi connectivity index (χ2v) is 7.06. The third-order valence-corrected chi connectivity index (χ3v) is 5.28. The first-order valence-corrected chi connectivity index (χ1v) is 9.65. The van der Waals surface area contributed by atoms with Crippen LogP contribution in [0.1, 0.15) is 0 Å². The Hall–Kier alpha value is -3.74. The molecule has 4 heterocycles. The first-order valence-electron chi connectivity index (χ1n) is 9.65. The Kier molecular flexibility index (Phi) is 4.40.